The Morgan fingerprint density at radius 3 is 2.88 bits per heavy atom. The van der Waals surface area contributed by atoms with Crippen molar-refractivity contribution in [2.24, 2.45) is 0 Å². The lowest BCUT2D eigenvalue weighted by Gasteiger charge is -2.25. The molecule has 0 saturated carbocycles. The van der Waals surface area contributed by atoms with Crippen LogP contribution in [0.3, 0.4) is 0 Å². The average molecular weight is 249 g/mol. The van der Waals surface area contributed by atoms with Gasteiger partial charge in [-0.05, 0) is 25.0 Å². The number of rotatable bonds is 5. The summed E-state index contributed by atoms with van der Waals surface area (Å²) in [5.74, 6) is 0.951. The zero-order chi connectivity index (χ0) is 11.9. The minimum Gasteiger partial charge on any atom is -0.381 e. The van der Waals surface area contributed by atoms with Crippen molar-refractivity contribution < 1.29 is 4.74 Å². The predicted molar refractivity (Wildman–Crippen MR) is 74.8 cm³/mol. The van der Waals surface area contributed by atoms with E-state index in [0.29, 0.717) is 6.04 Å². The van der Waals surface area contributed by atoms with Crippen molar-refractivity contribution in [1.82, 2.24) is 0 Å². The lowest BCUT2D eigenvalue weighted by molar-refractivity contribution is 0.0904. The van der Waals surface area contributed by atoms with Crippen LogP contribution in [0.4, 0.5) is 5.69 Å². The fourth-order valence-corrected chi connectivity index (χ4v) is 2.68. The van der Waals surface area contributed by atoms with E-state index in [4.69, 9.17) is 4.74 Å². The standard InChI is InChI=1S/C14H19NOS/c1-2-11-17-14-6-4-3-5-13(14)15-12-7-9-16-10-8-12/h2-6,12,15H,1,7-11H2. The van der Waals surface area contributed by atoms with Gasteiger partial charge in [-0.15, -0.1) is 18.3 Å². The van der Waals surface area contributed by atoms with Crippen molar-refractivity contribution in [3.8, 4) is 0 Å². The van der Waals surface area contributed by atoms with E-state index in [2.05, 4.69) is 36.2 Å². The first-order valence-corrected chi connectivity index (χ1v) is 7.05. The van der Waals surface area contributed by atoms with Gasteiger partial charge in [-0.1, -0.05) is 18.2 Å². The number of benzene rings is 1. The molecule has 2 rings (SSSR count). The smallest absolute Gasteiger partial charge is 0.0485 e. The average Bonchev–Trinajstić information content (AvgIpc) is 2.39. The highest BCUT2D eigenvalue weighted by molar-refractivity contribution is 7.99. The maximum atomic E-state index is 5.37. The Morgan fingerprint density at radius 2 is 2.12 bits per heavy atom. The minimum absolute atomic E-state index is 0.550. The van der Waals surface area contributed by atoms with Gasteiger partial charge in [0, 0.05) is 35.6 Å². The lowest BCUT2D eigenvalue weighted by Crippen LogP contribution is -2.28. The van der Waals surface area contributed by atoms with E-state index in [9.17, 15) is 0 Å². The molecular weight excluding hydrogens is 230 g/mol. The predicted octanol–water partition coefficient (Wildman–Crippen LogP) is 3.56. The van der Waals surface area contributed by atoms with Crippen molar-refractivity contribution in [2.75, 3.05) is 24.3 Å². The van der Waals surface area contributed by atoms with E-state index in [1.807, 2.05) is 17.8 Å². The van der Waals surface area contributed by atoms with Crippen LogP contribution in [0, 0.1) is 0 Å². The van der Waals surface area contributed by atoms with E-state index < -0.39 is 0 Å². The molecule has 2 nitrogen and oxygen atoms in total. The summed E-state index contributed by atoms with van der Waals surface area (Å²) in [5, 5.41) is 3.62. The number of anilines is 1. The lowest BCUT2D eigenvalue weighted by atomic mass is 10.1. The Balaban J connectivity index is 2.00. The second kappa shape index (κ2) is 6.72. The zero-order valence-electron chi connectivity index (χ0n) is 10.0. The Morgan fingerprint density at radius 1 is 1.35 bits per heavy atom. The van der Waals surface area contributed by atoms with Crippen LogP contribution in [0.2, 0.25) is 0 Å². The largest absolute Gasteiger partial charge is 0.381 e. The van der Waals surface area contributed by atoms with Crippen molar-refractivity contribution in [3.63, 3.8) is 0 Å². The zero-order valence-corrected chi connectivity index (χ0v) is 10.8. The van der Waals surface area contributed by atoms with Gasteiger partial charge < -0.3 is 10.1 Å². The normalized spacial score (nSPS) is 16.7. The molecule has 0 bridgehead atoms. The van der Waals surface area contributed by atoms with Crippen LogP contribution < -0.4 is 5.32 Å². The quantitative estimate of drug-likeness (QED) is 0.637. The number of para-hydroxylation sites is 1. The molecule has 0 atom stereocenters. The molecule has 1 N–H and O–H groups in total. The molecule has 0 radical (unpaired) electrons. The molecule has 0 spiro atoms. The summed E-state index contributed by atoms with van der Waals surface area (Å²) in [5.41, 5.74) is 1.24. The molecule has 1 aliphatic rings. The van der Waals surface area contributed by atoms with Crippen LogP contribution in [0.1, 0.15) is 12.8 Å². The first-order chi connectivity index (χ1) is 8.40. The van der Waals surface area contributed by atoms with Crippen molar-refractivity contribution >= 4 is 17.4 Å². The molecule has 1 aromatic carbocycles. The first kappa shape index (κ1) is 12.5. The number of hydrogen-bond donors (Lipinski definition) is 1. The van der Waals surface area contributed by atoms with Crippen molar-refractivity contribution in [2.45, 2.75) is 23.8 Å². The summed E-state index contributed by atoms with van der Waals surface area (Å²) >= 11 is 1.82. The van der Waals surface area contributed by atoms with Gasteiger partial charge >= 0.3 is 0 Å². The molecule has 0 aliphatic carbocycles. The molecule has 1 saturated heterocycles. The second-order valence-corrected chi connectivity index (χ2v) is 5.19. The Hall–Kier alpha value is -0.930. The highest BCUT2D eigenvalue weighted by atomic mass is 32.2. The minimum atomic E-state index is 0.550. The van der Waals surface area contributed by atoms with E-state index in [1.165, 1.54) is 10.6 Å². The Kier molecular flexibility index (Phi) is 4.95. The molecule has 1 aliphatic heterocycles. The van der Waals surface area contributed by atoms with Gasteiger partial charge in [0.25, 0.3) is 0 Å². The van der Waals surface area contributed by atoms with Crippen LogP contribution in [-0.4, -0.2) is 25.0 Å². The highest BCUT2D eigenvalue weighted by Gasteiger charge is 2.14. The van der Waals surface area contributed by atoms with Crippen molar-refractivity contribution in [3.05, 3.63) is 36.9 Å². The van der Waals surface area contributed by atoms with Gasteiger partial charge in [-0.25, -0.2) is 0 Å². The summed E-state index contributed by atoms with van der Waals surface area (Å²) in [6.07, 6.45) is 4.14. The van der Waals surface area contributed by atoms with Crippen LogP contribution in [0.5, 0.6) is 0 Å². The van der Waals surface area contributed by atoms with Crippen LogP contribution in [0.15, 0.2) is 41.8 Å². The maximum Gasteiger partial charge on any atom is 0.0485 e. The summed E-state index contributed by atoms with van der Waals surface area (Å²) in [7, 11) is 0. The summed E-state index contributed by atoms with van der Waals surface area (Å²) in [4.78, 5) is 1.30. The van der Waals surface area contributed by atoms with Gasteiger partial charge in [0.1, 0.15) is 0 Å². The molecule has 0 amide bonds. The maximum absolute atomic E-state index is 5.37. The van der Waals surface area contributed by atoms with E-state index >= 15 is 0 Å². The third kappa shape index (κ3) is 3.79. The molecule has 92 valence electrons. The van der Waals surface area contributed by atoms with Crippen LogP contribution >= 0.6 is 11.8 Å². The molecule has 3 heteroatoms. The topological polar surface area (TPSA) is 21.3 Å². The second-order valence-electron chi connectivity index (χ2n) is 4.13. The van der Waals surface area contributed by atoms with Crippen LogP contribution in [0.25, 0.3) is 0 Å². The third-order valence-electron chi connectivity index (χ3n) is 2.82. The molecule has 17 heavy (non-hydrogen) atoms. The molecule has 1 heterocycles. The monoisotopic (exact) mass is 249 g/mol. The summed E-state index contributed by atoms with van der Waals surface area (Å²) in [6, 6.07) is 9.03. The van der Waals surface area contributed by atoms with Gasteiger partial charge in [0.2, 0.25) is 0 Å². The highest BCUT2D eigenvalue weighted by Crippen LogP contribution is 2.28. The Bertz CT molecular complexity index is 361. The Labute approximate surface area is 107 Å². The molecular formula is C14H19NOS. The fraction of sp³-hybridized carbons (Fsp3) is 0.429. The van der Waals surface area contributed by atoms with E-state index in [-0.39, 0.29) is 0 Å². The van der Waals surface area contributed by atoms with Crippen LogP contribution in [-0.2, 0) is 4.74 Å². The fourth-order valence-electron chi connectivity index (χ4n) is 1.92. The van der Waals surface area contributed by atoms with Gasteiger partial charge in [-0.3, -0.25) is 0 Å². The number of thioether (sulfide) groups is 1. The molecule has 0 aromatic heterocycles. The molecule has 0 unspecified atom stereocenters. The summed E-state index contributed by atoms with van der Waals surface area (Å²) < 4.78 is 5.37. The SMILES string of the molecule is C=CCSc1ccccc1NC1CCOCC1. The number of ether oxygens (including phenoxy) is 1. The summed E-state index contributed by atoms with van der Waals surface area (Å²) in [6.45, 7) is 5.51. The van der Waals surface area contributed by atoms with Gasteiger partial charge in [0.05, 0.1) is 0 Å². The number of hydrogen-bond acceptors (Lipinski definition) is 3. The van der Waals surface area contributed by atoms with E-state index in [0.717, 1.165) is 31.8 Å². The number of nitrogens with one attached hydrogen (secondary N) is 1. The first-order valence-electron chi connectivity index (χ1n) is 6.07. The molecule has 1 aromatic rings. The van der Waals surface area contributed by atoms with Gasteiger partial charge in [-0.2, -0.15) is 0 Å². The van der Waals surface area contributed by atoms with Crippen molar-refractivity contribution in [1.29, 1.82) is 0 Å². The van der Waals surface area contributed by atoms with E-state index in [1.54, 1.807) is 0 Å². The third-order valence-corrected chi connectivity index (χ3v) is 3.89. The van der Waals surface area contributed by atoms with Gasteiger partial charge in [0.15, 0.2) is 0 Å². The molecule has 1 fully saturated rings.